The quantitative estimate of drug-likeness (QED) is 0.673. The maximum atomic E-state index is 13.3. The lowest BCUT2D eigenvalue weighted by molar-refractivity contribution is -0.901. The summed E-state index contributed by atoms with van der Waals surface area (Å²) in [7, 11) is 1.99. The summed E-state index contributed by atoms with van der Waals surface area (Å²) in [4.78, 5) is 28.4. The van der Waals surface area contributed by atoms with Gasteiger partial charge in [-0.2, -0.15) is 0 Å². The van der Waals surface area contributed by atoms with Crippen LogP contribution in [-0.4, -0.2) is 30.6 Å². The molecule has 5 heteroatoms. The molecule has 1 fully saturated rings. The minimum absolute atomic E-state index is 0.207. The van der Waals surface area contributed by atoms with Crippen LogP contribution in [0.25, 0.3) is 10.8 Å². The minimum Gasteiger partial charge on any atom is -0.319 e. The van der Waals surface area contributed by atoms with Crippen LogP contribution in [0, 0.1) is 0 Å². The summed E-state index contributed by atoms with van der Waals surface area (Å²) in [5.41, 5.74) is 0.932. The predicted octanol–water partition coefficient (Wildman–Crippen LogP) is 2.28. The van der Waals surface area contributed by atoms with Crippen molar-refractivity contribution in [2.24, 2.45) is 0 Å². The third-order valence-electron chi connectivity index (χ3n) is 5.38. The number of nitrogens with one attached hydrogen (secondary N) is 2. The van der Waals surface area contributed by atoms with Crippen molar-refractivity contribution >= 4 is 22.7 Å². The molecule has 1 aliphatic heterocycles. The fourth-order valence-electron chi connectivity index (χ4n) is 3.95. The lowest BCUT2D eigenvalue weighted by Crippen LogP contribution is -3.09. The second-order valence-electron chi connectivity index (χ2n) is 7.59. The monoisotopic (exact) mass is 374 g/mol. The number of amides is 3. The second kappa shape index (κ2) is 7.09. The molecule has 1 unspecified atom stereocenters. The van der Waals surface area contributed by atoms with Gasteiger partial charge < -0.3 is 10.2 Å². The normalized spacial score (nSPS) is 20.4. The molecule has 0 aliphatic carbocycles. The number of benzene rings is 3. The van der Waals surface area contributed by atoms with Crippen molar-refractivity contribution in [2.75, 3.05) is 13.7 Å². The number of hydrogen-bond acceptors (Lipinski definition) is 2. The average Bonchev–Trinajstić information content (AvgIpc) is 2.92. The van der Waals surface area contributed by atoms with Crippen LogP contribution < -0.4 is 10.2 Å². The molecule has 3 aromatic carbocycles. The van der Waals surface area contributed by atoms with Crippen LogP contribution in [0.3, 0.4) is 0 Å². The number of urea groups is 1. The summed E-state index contributed by atoms with van der Waals surface area (Å²) in [5, 5.41) is 4.96. The molecule has 0 aromatic heterocycles. The van der Waals surface area contributed by atoms with Crippen LogP contribution in [0.4, 0.5) is 4.79 Å². The molecule has 142 valence electrons. The molecule has 0 radical (unpaired) electrons. The number of carbonyl (C=O) groups is 2. The van der Waals surface area contributed by atoms with Crippen LogP contribution in [0.5, 0.6) is 0 Å². The van der Waals surface area contributed by atoms with Gasteiger partial charge in [-0.25, -0.2) is 9.69 Å². The molecule has 3 amide bonds. The highest BCUT2D eigenvalue weighted by Gasteiger charge is 2.50. The van der Waals surface area contributed by atoms with E-state index in [0.717, 1.165) is 27.8 Å². The van der Waals surface area contributed by atoms with Crippen molar-refractivity contribution < 1.29 is 14.5 Å². The van der Waals surface area contributed by atoms with E-state index in [4.69, 9.17) is 0 Å². The first-order valence-corrected chi connectivity index (χ1v) is 9.46. The Morgan fingerprint density at radius 2 is 1.61 bits per heavy atom. The van der Waals surface area contributed by atoms with Crippen molar-refractivity contribution in [2.45, 2.75) is 19.0 Å². The first-order chi connectivity index (χ1) is 13.5. The Balaban J connectivity index is 1.59. The van der Waals surface area contributed by atoms with Gasteiger partial charge in [0.05, 0.1) is 7.05 Å². The first-order valence-electron chi connectivity index (χ1n) is 9.46. The molecule has 5 nitrogen and oxygen atoms in total. The van der Waals surface area contributed by atoms with E-state index in [9.17, 15) is 9.59 Å². The molecule has 3 aromatic rings. The van der Waals surface area contributed by atoms with Crippen molar-refractivity contribution in [1.29, 1.82) is 0 Å². The van der Waals surface area contributed by atoms with E-state index in [1.807, 2.05) is 67.7 Å². The molecule has 28 heavy (non-hydrogen) atoms. The summed E-state index contributed by atoms with van der Waals surface area (Å²) < 4.78 is 0. The first kappa shape index (κ1) is 18.2. The van der Waals surface area contributed by atoms with Crippen LogP contribution >= 0.6 is 0 Å². The van der Waals surface area contributed by atoms with Crippen LogP contribution in [0.2, 0.25) is 0 Å². The lowest BCUT2D eigenvalue weighted by Gasteiger charge is -2.24. The van der Waals surface area contributed by atoms with Gasteiger partial charge in [-0.3, -0.25) is 4.79 Å². The van der Waals surface area contributed by atoms with Gasteiger partial charge in [0.2, 0.25) is 0 Å². The molecule has 4 rings (SSSR count). The Morgan fingerprint density at radius 3 is 2.39 bits per heavy atom. The summed E-state index contributed by atoms with van der Waals surface area (Å²) >= 11 is 0. The smallest absolute Gasteiger partial charge is 0.319 e. The van der Waals surface area contributed by atoms with Crippen molar-refractivity contribution in [1.82, 2.24) is 10.2 Å². The largest absolute Gasteiger partial charge is 0.329 e. The number of quaternary nitrogens is 1. The van der Waals surface area contributed by atoms with Gasteiger partial charge in [0.25, 0.3) is 5.91 Å². The zero-order valence-electron chi connectivity index (χ0n) is 16.1. The Hall–Kier alpha value is -3.18. The zero-order chi connectivity index (χ0) is 19.7. The van der Waals surface area contributed by atoms with Gasteiger partial charge in [-0.05, 0) is 23.3 Å². The fourth-order valence-corrected chi connectivity index (χ4v) is 3.95. The van der Waals surface area contributed by atoms with Gasteiger partial charge in [0.15, 0.2) is 6.67 Å². The lowest BCUT2D eigenvalue weighted by atomic mass is 9.88. The summed E-state index contributed by atoms with van der Waals surface area (Å²) in [6.07, 6.45) is 0. The Labute approximate surface area is 164 Å². The standard InChI is InChI=1S/C23H23N3O2/c1-23(20-14-8-12-18-11-6-7-13-19(18)20)21(27)26(22(28)24-23)16-25(2)15-17-9-4-3-5-10-17/h3-14H,15-16H2,1-2H3,(H,24,28)/p+1/t23-/m0/s1. The highest BCUT2D eigenvalue weighted by Crippen LogP contribution is 2.33. The van der Waals surface area contributed by atoms with E-state index in [1.165, 1.54) is 10.5 Å². The molecule has 2 atom stereocenters. The number of rotatable bonds is 5. The van der Waals surface area contributed by atoms with Crippen LogP contribution in [0.1, 0.15) is 18.1 Å². The van der Waals surface area contributed by atoms with E-state index < -0.39 is 5.54 Å². The van der Waals surface area contributed by atoms with Crippen molar-refractivity contribution in [3.63, 3.8) is 0 Å². The van der Waals surface area contributed by atoms with E-state index in [2.05, 4.69) is 17.4 Å². The Bertz CT molecular complexity index is 1030. The number of fused-ring (bicyclic) bond motifs is 1. The number of imide groups is 1. The molecule has 1 saturated heterocycles. The molecule has 0 saturated carbocycles. The number of carbonyl (C=O) groups excluding carboxylic acids is 2. The van der Waals surface area contributed by atoms with E-state index in [-0.39, 0.29) is 11.9 Å². The van der Waals surface area contributed by atoms with Crippen molar-refractivity contribution in [3.05, 3.63) is 83.9 Å². The topological polar surface area (TPSA) is 53.9 Å². The van der Waals surface area contributed by atoms with Gasteiger partial charge in [0.1, 0.15) is 12.1 Å². The Kier molecular flexibility index (Phi) is 4.61. The van der Waals surface area contributed by atoms with Crippen molar-refractivity contribution in [3.8, 4) is 0 Å². The van der Waals surface area contributed by atoms with Gasteiger partial charge in [0, 0.05) is 5.56 Å². The third-order valence-corrected chi connectivity index (χ3v) is 5.38. The highest BCUT2D eigenvalue weighted by molar-refractivity contribution is 6.09. The van der Waals surface area contributed by atoms with Gasteiger partial charge in [-0.15, -0.1) is 0 Å². The van der Waals surface area contributed by atoms with E-state index >= 15 is 0 Å². The minimum atomic E-state index is -1.06. The average molecular weight is 374 g/mol. The maximum Gasteiger partial charge on any atom is 0.329 e. The Morgan fingerprint density at radius 1 is 0.929 bits per heavy atom. The van der Waals surface area contributed by atoms with Crippen LogP contribution in [0.15, 0.2) is 72.8 Å². The van der Waals surface area contributed by atoms with Crippen LogP contribution in [-0.2, 0) is 16.9 Å². The highest BCUT2D eigenvalue weighted by atomic mass is 16.2. The maximum absolute atomic E-state index is 13.3. The number of nitrogens with zero attached hydrogens (tertiary/aromatic N) is 1. The molecule has 0 bridgehead atoms. The van der Waals surface area contributed by atoms with E-state index in [0.29, 0.717) is 6.67 Å². The van der Waals surface area contributed by atoms with Gasteiger partial charge in [-0.1, -0.05) is 72.8 Å². The summed E-state index contributed by atoms with van der Waals surface area (Å²) in [5.74, 6) is -0.207. The molecular formula is C23H24N3O2+. The summed E-state index contributed by atoms with van der Waals surface area (Å²) in [6, 6.07) is 23.5. The second-order valence-corrected chi connectivity index (χ2v) is 7.59. The SMILES string of the molecule is C[NH+](Cc1ccccc1)CN1C(=O)N[C@@](C)(c2cccc3ccccc23)C1=O. The number of hydrogen-bond donors (Lipinski definition) is 2. The third kappa shape index (κ3) is 3.14. The molecule has 1 aliphatic rings. The molecule has 0 spiro atoms. The molecular weight excluding hydrogens is 350 g/mol. The molecule has 1 heterocycles. The molecule has 2 N–H and O–H groups in total. The van der Waals surface area contributed by atoms with E-state index in [1.54, 1.807) is 6.92 Å². The fraction of sp³-hybridized carbons (Fsp3) is 0.217. The predicted molar refractivity (Wildman–Crippen MR) is 109 cm³/mol. The zero-order valence-corrected chi connectivity index (χ0v) is 16.1. The van der Waals surface area contributed by atoms with Gasteiger partial charge >= 0.3 is 6.03 Å². The summed E-state index contributed by atoms with van der Waals surface area (Å²) in [6.45, 7) is 2.85.